The van der Waals surface area contributed by atoms with Crippen LogP contribution in [0.25, 0.3) is 5.69 Å². The fourth-order valence-electron chi connectivity index (χ4n) is 2.77. The number of halogens is 1. The molecule has 1 aromatic carbocycles. The summed E-state index contributed by atoms with van der Waals surface area (Å²) in [5.74, 6) is -0.266. The van der Waals surface area contributed by atoms with Crippen molar-refractivity contribution in [2.24, 2.45) is 0 Å². The standard InChI is InChI=1S/C15H18FN3O/c1-10-15(13-9-20-8-7-17-13)11(2)19(18-10)14-6-4-3-5-12(14)16/h3-6,13,17H,7-9H2,1-2H3/t13-/m0/s1. The predicted octanol–water partition coefficient (Wildman–Crippen LogP) is 2.29. The third kappa shape index (κ3) is 2.23. The zero-order valence-corrected chi connectivity index (χ0v) is 11.7. The molecule has 0 amide bonds. The van der Waals surface area contributed by atoms with Crippen LogP contribution in [0.2, 0.25) is 0 Å². The first kappa shape index (κ1) is 13.3. The van der Waals surface area contributed by atoms with E-state index >= 15 is 0 Å². The number of aryl methyl sites for hydroxylation is 1. The number of para-hydroxylation sites is 1. The molecule has 1 N–H and O–H groups in total. The average Bonchev–Trinajstić information content (AvgIpc) is 2.75. The van der Waals surface area contributed by atoms with Crippen LogP contribution in [0.1, 0.15) is 23.0 Å². The summed E-state index contributed by atoms with van der Waals surface area (Å²) in [7, 11) is 0. The Morgan fingerprint density at radius 1 is 1.35 bits per heavy atom. The third-order valence-corrected chi connectivity index (χ3v) is 3.70. The zero-order valence-electron chi connectivity index (χ0n) is 11.7. The number of morpholine rings is 1. The van der Waals surface area contributed by atoms with Crippen LogP contribution in [0.4, 0.5) is 4.39 Å². The summed E-state index contributed by atoms with van der Waals surface area (Å²) in [6.45, 7) is 6.11. The highest BCUT2D eigenvalue weighted by Crippen LogP contribution is 2.26. The van der Waals surface area contributed by atoms with Gasteiger partial charge in [-0.25, -0.2) is 9.07 Å². The van der Waals surface area contributed by atoms with E-state index in [1.165, 1.54) is 6.07 Å². The smallest absolute Gasteiger partial charge is 0.148 e. The Balaban J connectivity index is 2.04. The molecule has 0 saturated carbocycles. The molecular weight excluding hydrogens is 257 g/mol. The quantitative estimate of drug-likeness (QED) is 0.914. The van der Waals surface area contributed by atoms with Crippen LogP contribution >= 0.6 is 0 Å². The Labute approximate surface area is 117 Å². The van der Waals surface area contributed by atoms with Gasteiger partial charge in [-0.15, -0.1) is 0 Å². The van der Waals surface area contributed by atoms with E-state index in [0.717, 1.165) is 30.1 Å². The second kappa shape index (κ2) is 5.34. The van der Waals surface area contributed by atoms with E-state index in [1.807, 2.05) is 19.9 Å². The molecule has 0 spiro atoms. The lowest BCUT2D eigenvalue weighted by Crippen LogP contribution is -2.35. The van der Waals surface area contributed by atoms with Crippen LogP contribution in [-0.2, 0) is 4.74 Å². The molecule has 4 nitrogen and oxygen atoms in total. The molecule has 1 aromatic heterocycles. The minimum Gasteiger partial charge on any atom is -0.378 e. The molecule has 3 rings (SSSR count). The minimum absolute atomic E-state index is 0.129. The molecule has 0 bridgehead atoms. The van der Waals surface area contributed by atoms with Crippen molar-refractivity contribution in [2.45, 2.75) is 19.9 Å². The van der Waals surface area contributed by atoms with Gasteiger partial charge >= 0.3 is 0 Å². The van der Waals surface area contributed by atoms with Crippen molar-refractivity contribution in [1.82, 2.24) is 15.1 Å². The SMILES string of the molecule is Cc1nn(-c2ccccc2F)c(C)c1[C@@H]1COCCN1. The molecule has 2 heterocycles. The normalized spacial score (nSPS) is 19.2. The second-order valence-electron chi connectivity index (χ2n) is 5.03. The highest BCUT2D eigenvalue weighted by molar-refractivity contribution is 5.39. The van der Waals surface area contributed by atoms with E-state index in [4.69, 9.17) is 4.74 Å². The molecule has 1 atom stereocenters. The van der Waals surface area contributed by atoms with Crippen molar-refractivity contribution < 1.29 is 9.13 Å². The molecule has 2 aromatic rings. The maximum Gasteiger partial charge on any atom is 0.148 e. The fraction of sp³-hybridized carbons (Fsp3) is 0.400. The molecular formula is C15H18FN3O. The number of hydrogen-bond acceptors (Lipinski definition) is 3. The van der Waals surface area contributed by atoms with Gasteiger partial charge in [0.1, 0.15) is 11.5 Å². The van der Waals surface area contributed by atoms with E-state index in [9.17, 15) is 4.39 Å². The Hall–Kier alpha value is -1.72. The maximum atomic E-state index is 13.9. The summed E-state index contributed by atoms with van der Waals surface area (Å²) in [6.07, 6.45) is 0. The molecule has 0 radical (unpaired) electrons. The van der Waals surface area contributed by atoms with Crippen LogP contribution in [0, 0.1) is 19.7 Å². The Bertz CT molecular complexity index is 618. The first-order valence-electron chi connectivity index (χ1n) is 6.80. The van der Waals surface area contributed by atoms with Gasteiger partial charge in [0.2, 0.25) is 0 Å². The van der Waals surface area contributed by atoms with Gasteiger partial charge in [-0.3, -0.25) is 0 Å². The molecule has 1 aliphatic rings. The predicted molar refractivity (Wildman–Crippen MR) is 74.6 cm³/mol. The van der Waals surface area contributed by atoms with Gasteiger partial charge in [0, 0.05) is 17.8 Å². The van der Waals surface area contributed by atoms with E-state index in [1.54, 1.807) is 16.8 Å². The van der Waals surface area contributed by atoms with Crippen LogP contribution in [0.5, 0.6) is 0 Å². The summed E-state index contributed by atoms with van der Waals surface area (Å²) < 4.78 is 21.1. The summed E-state index contributed by atoms with van der Waals surface area (Å²) in [5, 5.41) is 7.92. The summed E-state index contributed by atoms with van der Waals surface area (Å²) in [5.41, 5.74) is 3.45. The lowest BCUT2D eigenvalue weighted by Gasteiger charge is -2.24. The van der Waals surface area contributed by atoms with E-state index in [2.05, 4.69) is 10.4 Å². The number of nitrogens with one attached hydrogen (secondary N) is 1. The molecule has 5 heteroatoms. The van der Waals surface area contributed by atoms with Crippen molar-refractivity contribution in [2.75, 3.05) is 19.8 Å². The lowest BCUT2D eigenvalue weighted by atomic mass is 10.0. The van der Waals surface area contributed by atoms with Crippen LogP contribution < -0.4 is 5.32 Å². The van der Waals surface area contributed by atoms with Crippen molar-refractivity contribution in [1.29, 1.82) is 0 Å². The highest BCUT2D eigenvalue weighted by atomic mass is 19.1. The van der Waals surface area contributed by atoms with Crippen molar-refractivity contribution in [3.63, 3.8) is 0 Å². The summed E-state index contributed by atoms with van der Waals surface area (Å²) in [4.78, 5) is 0. The van der Waals surface area contributed by atoms with Crippen LogP contribution in [-0.4, -0.2) is 29.5 Å². The van der Waals surface area contributed by atoms with Gasteiger partial charge in [0.15, 0.2) is 0 Å². The highest BCUT2D eigenvalue weighted by Gasteiger charge is 2.24. The summed E-state index contributed by atoms with van der Waals surface area (Å²) >= 11 is 0. The second-order valence-corrected chi connectivity index (χ2v) is 5.03. The lowest BCUT2D eigenvalue weighted by molar-refractivity contribution is 0.0765. The molecule has 1 saturated heterocycles. The van der Waals surface area contributed by atoms with E-state index in [0.29, 0.717) is 12.3 Å². The van der Waals surface area contributed by atoms with Crippen molar-refractivity contribution in [3.8, 4) is 5.69 Å². The zero-order chi connectivity index (χ0) is 14.1. The Morgan fingerprint density at radius 2 is 2.15 bits per heavy atom. The topological polar surface area (TPSA) is 39.1 Å². The maximum absolute atomic E-state index is 13.9. The van der Waals surface area contributed by atoms with E-state index in [-0.39, 0.29) is 11.9 Å². The Morgan fingerprint density at radius 3 is 2.85 bits per heavy atom. The summed E-state index contributed by atoms with van der Waals surface area (Å²) in [6, 6.07) is 6.82. The van der Waals surface area contributed by atoms with Gasteiger partial charge in [-0.2, -0.15) is 5.10 Å². The third-order valence-electron chi connectivity index (χ3n) is 3.70. The molecule has 20 heavy (non-hydrogen) atoms. The Kier molecular flexibility index (Phi) is 3.54. The fourth-order valence-corrected chi connectivity index (χ4v) is 2.77. The number of hydrogen-bond donors (Lipinski definition) is 1. The number of ether oxygens (including phenoxy) is 1. The van der Waals surface area contributed by atoms with Crippen LogP contribution in [0.15, 0.2) is 24.3 Å². The number of aromatic nitrogens is 2. The van der Waals surface area contributed by atoms with Gasteiger partial charge in [-0.05, 0) is 26.0 Å². The first-order valence-corrected chi connectivity index (χ1v) is 6.80. The molecule has 1 aliphatic heterocycles. The minimum atomic E-state index is -0.266. The molecule has 106 valence electrons. The van der Waals surface area contributed by atoms with Gasteiger partial charge < -0.3 is 10.1 Å². The van der Waals surface area contributed by atoms with Crippen molar-refractivity contribution >= 4 is 0 Å². The largest absolute Gasteiger partial charge is 0.378 e. The number of rotatable bonds is 2. The number of benzene rings is 1. The average molecular weight is 275 g/mol. The van der Waals surface area contributed by atoms with E-state index < -0.39 is 0 Å². The monoisotopic (exact) mass is 275 g/mol. The number of nitrogens with zero attached hydrogens (tertiary/aromatic N) is 2. The van der Waals surface area contributed by atoms with Crippen LogP contribution in [0.3, 0.4) is 0 Å². The van der Waals surface area contributed by atoms with Gasteiger partial charge in [0.05, 0.1) is 24.9 Å². The molecule has 0 unspecified atom stereocenters. The molecule has 0 aliphatic carbocycles. The van der Waals surface area contributed by atoms with Gasteiger partial charge in [-0.1, -0.05) is 12.1 Å². The van der Waals surface area contributed by atoms with Crippen molar-refractivity contribution in [3.05, 3.63) is 47.0 Å². The first-order chi connectivity index (χ1) is 9.68. The van der Waals surface area contributed by atoms with Gasteiger partial charge in [0.25, 0.3) is 0 Å². The molecule has 1 fully saturated rings.